The van der Waals surface area contributed by atoms with Crippen LogP contribution in [0.15, 0.2) is 24.3 Å². The molecule has 1 N–H and O–H groups in total. The maximum atomic E-state index is 11.9. The summed E-state index contributed by atoms with van der Waals surface area (Å²) in [6.45, 7) is 6.95. The van der Waals surface area contributed by atoms with Crippen LogP contribution in [-0.4, -0.2) is 18.4 Å². The third-order valence-corrected chi connectivity index (χ3v) is 3.43. The summed E-state index contributed by atoms with van der Waals surface area (Å²) in [7, 11) is 0. The van der Waals surface area contributed by atoms with Crippen LogP contribution in [0.3, 0.4) is 0 Å². The van der Waals surface area contributed by atoms with E-state index in [2.05, 4.69) is 5.32 Å². The fourth-order valence-electron chi connectivity index (χ4n) is 2.20. The molecule has 1 saturated heterocycles. The number of hydrogen-bond donors (Lipinski definition) is 1. The molecule has 4 heteroatoms. The van der Waals surface area contributed by atoms with Gasteiger partial charge in [-0.15, -0.1) is 0 Å². The zero-order valence-electron chi connectivity index (χ0n) is 12.4. The number of carbonyl (C=O) groups excluding carboxylic acids is 2. The van der Waals surface area contributed by atoms with Crippen LogP contribution in [-0.2, 0) is 16.1 Å². The van der Waals surface area contributed by atoms with E-state index >= 15 is 0 Å². The molecule has 0 saturated carbocycles. The molecule has 0 radical (unpaired) electrons. The van der Waals surface area contributed by atoms with E-state index < -0.39 is 0 Å². The van der Waals surface area contributed by atoms with E-state index in [9.17, 15) is 9.59 Å². The predicted octanol–water partition coefficient (Wildman–Crippen LogP) is 2.48. The van der Waals surface area contributed by atoms with Gasteiger partial charge in [-0.1, -0.05) is 32.9 Å². The van der Waals surface area contributed by atoms with Crippen molar-refractivity contribution in [2.45, 2.75) is 40.2 Å². The van der Waals surface area contributed by atoms with E-state index in [-0.39, 0.29) is 17.2 Å². The van der Waals surface area contributed by atoms with Gasteiger partial charge in [0.25, 0.3) is 0 Å². The number of rotatable bonds is 3. The minimum atomic E-state index is -0.386. The Morgan fingerprint density at radius 3 is 2.70 bits per heavy atom. The molecular weight excluding hydrogens is 252 g/mol. The Hall–Kier alpha value is -1.84. The van der Waals surface area contributed by atoms with E-state index in [1.807, 2.05) is 49.9 Å². The van der Waals surface area contributed by atoms with Gasteiger partial charge < -0.3 is 10.2 Å². The first-order valence-electron chi connectivity index (χ1n) is 7.05. The summed E-state index contributed by atoms with van der Waals surface area (Å²) < 4.78 is 0. The van der Waals surface area contributed by atoms with Crippen LogP contribution in [0.2, 0.25) is 0 Å². The van der Waals surface area contributed by atoms with Crippen LogP contribution in [0.1, 0.15) is 39.2 Å². The summed E-state index contributed by atoms with van der Waals surface area (Å²) in [6, 6.07) is 7.82. The largest absolute Gasteiger partial charge is 0.352 e. The normalized spacial score (nSPS) is 15.6. The fraction of sp³-hybridized carbons (Fsp3) is 0.500. The topological polar surface area (TPSA) is 49.4 Å². The van der Waals surface area contributed by atoms with E-state index in [0.717, 1.165) is 24.2 Å². The summed E-state index contributed by atoms with van der Waals surface area (Å²) in [5.41, 5.74) is 1.55. The molecule has 1 fully saturated rings. The highest BCUT2D eigenvalue weighted by atomic mass is 16.2. The van der Waals surface area contributed by atoms with Gasteiger partial charge >= 0.3 is 0 Å². The number of nitrogens with one attached hydrogen (secondary N) is 1. The molecule has 1 aliphatic heterocycles. The highest BCUT2D eigenvalue weighted by Crippen LogP contribution is 2.22. The lowest BCUT2D eigenvalue weighted by molar-refractivity contribution is -0.128. The monoisotopic (exact) mass is 274 g/mol. The highest BCUT2D eigenvalue weighted by molar-refractivity contribution is 5.95. The van der Waals surface area contributed by atoms with Gasteiger partial charge in [0, 0.05) is 30.6 Å². The Balaban J connectivity index is 2.03. The SMILES string of the molecule is CC(C)(C)C(=O)NCc1cccc(N2CCCC2=O)c1. The van der Waals surface area contributed by atoms with Gasteiger partial charge in [0.15, 0.2) is 0 Å². The maximum absolute atomic E-state index is 11.9. The van der Waals surface area contributed by atoms with E-state index in [4.69, 9.17) is 0 Å². The smallest absolute Gasteiger partial charge is 0.227 e. The van der Waals surface area contributed by atoms with Crippen molar-refractivity contribution in [3.05, 3.63) is 29.8 Å². The van der Waals surface area contributed by atoms with Crippen LogP contribution in [0.25, 0.3) is 0 Å². The third kappa shape index (κ3) is 3.38. The summed E-state index contributed by atoms with van der Waals surface area (Å²) in [4.78, 5) is 25.4. The van der Waals surface area contributed by atoms with Crippen molar-refractivity contribution in [2.75, 3.05) is 11.4 Å². The number of benzene rings is 1. The second kappa shape index (κ2) is 5.65. The second-order valence-electron chi connectivity index (χ2n) is 6.25. The lowest BCUT2D eigenvalue weighted by Crippen LogP contribution is -2.34. The Bertz CT molecular complexity index is 517. The average molecular weight is 274 g/mol. The molecule has 0 bridgehead atoms. The third-order valence-electron chi connectivity index (χ3n) is 3.43. The van der Waals surface area contributed by atoms with Gasteiger partial charge in [-0.05, 0) is 24.1 Å². The quantitative estimate of drug-likeness (QED) is 0.920. The predicted molar refractivity (Wildman–Crippen MR) is 79.3 cm³/mol. The summed E-state index contributed by atoms with van der Waals surface area (Å²) in [5.74, 6) is 0.209. The van der Waals surface area contributed by atoms with Crippen molar-refractivity contribution in [3.8, 4) is 0 Å². The summed E-state index contributed by atoms with van der Waals surface area (Å²) in [5, 5.41) is 2.93. The molecule has 2 amide bonds. The van der Waals surface area contributed by atoms with Crippen molar-refractivity contribution in [2.24, 2.45) is 5.41 Å². The van der Waals surface area contributed by atoms with E-state index in [1.165, 1.54) is 0 Å². The van der Waals surface area contributed by atoms with Crippen molar-refractivity contribution in [1.82, 2.24) is 5.32 Å². The highest BCUT2D eigenvalue weighted by Gasteiger charge is 2.22. The molecule has 1 aromatic rings. The number of anilines is 1. The van der Waals surface area contributed by atoms with Crippen LogP contribution < -0.4 is 10.2 Å². The van der Waals surface area contributed by atoms with E-state index in [1.54, 1.807) is 0 Å². The Labute approximate surface area is 120 Å². The fourth-order valence-corrected chi connectivity index (χ4v) is 2.20. The van der Waals surface area contributed by atoms with Crippen molar-refractivity contribution >= 4 is 17.5 Å². The lowest BCUT2D eigenvalue weighted by Gasteiger charge is -2.19. The molecule has 1 aromatic carbocycles. The minimum Gasteiger partial charge on any atom is -0.352 e. The van der Waals surface area contributed by atoms with Crippen molar-refractivity contribution in [3.63, 3.8) is 0 Å². The van der Waals surface area contributed by atoms with Gasteiger partial charge in [0.05, 0.1) is 0 Å². The van der Waals surface area contributed by atoms with Gasteiger partial charge in [-0.25, -0.2) is 0 Å². The Kier molecular flexibility index (Phi) is 4.12. The molecule has 1 aliphatic rings. The standard InChI is InChI=1S/C16H22N2O2/c1-16(2,3)15(20)17-11-12-6-4-7-13(10-12)18-9-5-8-14(18)19/h4,6-7,10H,5,8-9,11H2,1-3H3,(H,17,20). The van der Waals surface area contributed by atoms with Crippen LogP contribution in [0, 0.1) is 5.41 Å². The average Bonchev–Trinajstić information content (AvgIpc) is 2.81. The molecule has 4 nitrogen and oxygen atoms in total. The van der Waals surface area contributed by atoms with Crippen molar-refractivity contribution in [1.29, 1.82) is 0 Å². The Morgan fingerprint density at radius 2 is 2.10 bits per heavy atom. The zero-order valence-corrected chi connectivity index (χ0v) is 12.4. The van der Waals surface area contributed by atoms with Gasteiger partial charge in [-0.2, -0.15) is 0 Å². The zero-order chi connectivity index (χ0) is 14.8. The molecule has 0 aromatic heterocycles. The molecule has 2 rings (SSSR count). The molecule has 0 spiro atoms. The molecule has 0 aliphatic carbocycles. The Morgan fingerprint density at radius 1 is 1.35 bits per heavy atom. The van der Waals surface area contributed by atoms with Gasteiger partial charge in [0.2, 0.25) is 11.8 Å². The number of hydrogen-bond acceptors (Lipinski definition) is 2. The van der Waals surface area contributed by atoms with Crippen LogP contribution in [0.4, 0.5) is 5.69 Å². The first-order valence-corrected chi connectivity index (χ1v) is 7.05. The minimum absolute atomic E-state index is 0.0279. The second-order valence-corrected chi connectivity index (χ2v) is 6.25. The molecule has 108 valence electrons. The first kappa shape index (κ1) is 14.6. The first-order chi connectivity index (χ1) is 9.38. The maximum Gasteiger partial charge on any atom is 0.227 e. The van der Waals surface area contributed by atoms with Crippen LogP contribution in [0.5, 0.6) is 0 Å². The lowest BCUT2D eigenvalue weighted by atomic mass is 9.95. The van der Waals surface area contributed by atoms with E-state index in [0.29, 0.717) is 13.0 Å². The molecule has 0 atom stereocenters. The summed E-state index contributed by atoms with van der Waals surface area (Å²) >= 11 is 0. The summed E-state index contributed by atoms with van der Waals surface area (Å²) in [6.07, 6.45) is 1.55. The molecular formula is C16H22N2O2. The van der Waals surface area contributed by atoms with Crippen LogP contribution >= 0.6 is 0 Å². The number of carbonyl (C=O) groups is 2. The number of nitrogens with zero attached hydrogens (tertiary/aromatic N) is 1. The molecule has 1 heterocycles. The molecule has 20 heavy (non-hydrogen) atoms. The molecule has 0 unspecified atom stereocenters. The van der Waals surface area contributed by atoms with Gasteiger partial charge in [0.1, 0.15) is 0 Å². The number of amides is 2. The van der Waals surface area contributed by atoms with Gasteiger partial charge in [-0.3, -0.25) is 9.59 Å². The van der Waals surface area contributed by atoms with Crippen molar-refractivity contribution < 1.29 is 9.59 Å².